The van der Waals surface area contributed by atoms with Crippen molar-refractivity contribution in [3.63, 3.8) is 0 Å². The van der Waals surface area contributed by atoms with Crippen LogP contribution in [0.25, 0.3) is 0 Å². The van der Waals surface area contributed by atoms with Crippen LogP contribution in [0, 0.1) is 0 Å². The number of hydrogen-bond donors (Lipinski definition) is 1. The molecule has 0 aliphatic rings. The number of methoxy groups -OCH3 is 1. The highest BCUT2D eigenvalue weighted by Gasteiger charge is 2.09. The molecule has 0 aliphatic heterocycles. The molecule has 0 radical (unpaired) electrons. The van der Waals surface area contributed by atoms with Gasteiger partial charge in [-0.1, -0.05) is 12.1 Å². The van der Waals surface area contributed by atoms with Crippen molar-refractivity contribution >= 4 is 5.69 Å². The Bertz CT molecular complexity index is 568. The Hall–Kier alpha value is -2.07. The maximum Gasteiger partial charge on any atom is 0.142 e. The molecule has 1 heterocycles. The van der Waals surface area contributed by atoms with Gasteiger partial charge in [-0.15, -0.1) is 0 Å². The number of nitrogens with zero attached hydrogens (tertiary/aromatic N) is 2. The summed E-state index contributed by atoms with van der Waals surface area (Å²) in [6.07, 6.45) is 1.82. The number of ether oxygens (including phenoxy) is 1. The van der Waals surface area contributed by atoms with E-state index in [-0.39, 0.29) is 0 Å². The number of pyridine rings is 1. The first kappa shape index (κ1) is 16.3. The second kappa shape index (κ2) is 8.39. The van der Waals surface area contributed by atoms with E-state index in [0.717, 1.165) is 43.3 Å². The van der Waals surface area contributed by atoms with E-state index in [1.54, 1.807) is 7.11 Å². The summed E-state index contributed by atoms with van der Waals surface area (Å²) in [5, 5.41) is 3.41. The SMILES string of the molecule is CCN(CC)c1ccc(CNCc2ccccn2)cc1OC. The molecular formula is C18H25N3O. The topological polar surface area (TPSA) is 37.4 Å². The first-order chi connectivity index (χ1) is 10.8. The first-order valence-electron chi connectivity index (χ1n) is 7.81. The summed E-state index contributed by atoms with van der Waals surface area (Å²) in [5.41, 5.74) is 3.42. The van der Waals surface area contributed by atoms with E-state index in [2.05, 4.69) is 47.2 Å². The Morgan fingerprint density at radius 2 is 1.91 bits per heavy atom. The third-order valence-corrected chi connectivity index (χ3v) is 3.71. The summed E-state index contributed by atoms with van der Waals surface area (Å²) in [5.74, 6) is 0.931. The van der Waals surface area contributed by atoms with Crippen molar-refractivity contribution in [3.05, 3.63) is 53.9 Å². The van der Waals surface area contributed by atoms with Crippen LogP contribution in [0.15, 0.2) is 42.6 Å². The van der Waals surface area contributed by atoms with Crippen LogP contribution in [0.4, 0.5) is 5.69 Å². The molecule has 0 unspecified atom stereocenters. The van der Waals surface area contributed by atoms with Crippen molar-refractivity contribution in [2.45, 2.75) is 26.9 Å². The van der Waals surface area contributed by atoms with Crippen molar-refractivity contribution < 1.29 is 4.74 Å². The molecule has 4 nitrogen and oxygen atoms in total. The van der Waals surface area contributed by atoms with E-state index < -0.39 is 0 Å². The maximum atomic E-state index is 5.55. The van der Waals surface area contributed by atoms with Crippen LogP contribution in [0.1, 0.15) is 25.1 Å². The van der Waals surface area contributed by atoms with Crippen LogP contribution in [0.5, 0.6) is 5.75 Å². The van der Waals surface area contributed by atoms with E-state index in [0.29, 0.717) is 0 Å². The molecule has 2 rings (SSSR count). The average molecular weight is 299 g/mol. The molecule has 1 aromatic carbocycles. The van der Waals surface area contributed by atoms with Crippen LogP contribution in [-0.2, 0) is 13.1 Å². The molecule has 0 saturated heterocycles. The molecule has 0 spiro atoms. The maximum absolute atomic E-state index is 5.55. The summed E-state index contributed by atoms with van der Waals surface area (Å²) >= 11 is 0. The Labute approximate surface area is 133 Å². The van der Waals surface area contributed by atoms with E-state index in [9.17, 15) is 0 Å². The van der Waals surface area contributed by atoms with Gasteiger partial charge in [-0.05, 0) is 43.7 Å². The van der Waals surface area contributed by atoms with E-state index in [1.165, 1.54) is 5.56 Å². The van der Waals surface area contributed by atoms with E-state index in [1.807, 2.05) is 24.4 Å². The Kier molecular flexibility index (Phi) is 6.22. The summed E-state index contributed by atoms with van der Waals surface area (Å²) in [4.78, 5) is 6.60. The lowest BCUT2D eigenvalue weighted by atomic mass is 10.1. The molecule has 1 N–H and O–H groups in total. The minimum absolute atomic E-state index is 0.765. The molecule has 0 atom stereocenters. The molecule has 0 aliphatic carbocycles. The number of nitrogens with one attached hydrogen (secondary N) is 1. The summed E-state index contributed by atoms with van der Waals surface area (Å²) in [6.45, 7) is 7.83. The minimum atomic E-state index is 0.765. The predicted octanol–water partition coefficient (Wildman–Crippen LogP) is 3.23. The third kappa shape index (κ3) is 4.21. The number of rotatable bonds is 8. The predicted molar refractivity (Wildman–Crippen MR) is 91.3 cm³/mol. The lowest BCUT2D eigenvalue weighted by molar-refractivity contribution is 0.413. The fraction of sp³-hybridized carbons (Fsp3) is 0.389. The molecule has 0 bridgehead atoms. The van der Waals surface area contributed by atoms with Gasteiger partial charge in [0, 0.05) is 32.4 Å². The first-order valence-corrected chi connectivity index (χ1v) is 7.81. The summed E-state index contributed by atoms with van der Waals surface area (Å²) < 4.78 is 5.55. The molecule has 1 aromatic heterocycles. The largest absolute Gasteiger partial charge is 0.495 e. The monoisotopic (exact) mass is 299 g/mol. The van der Waals surface area contributed by atoms with Crippen molar-refractivity contribution in [1.82, 2.24) is 10.3 Å². The van der Waals surface area contributed by atoms with Crippen LogP contribution in [0.2, 0.25) is 0 Å². The molecule has 22 heavy (non-hydrogen) atoms. The second-order valence-corrected chi connectivity index (χ2v) is 5.10. The van der Waals surface area contributed by atoms with Crippen molar-refractivity contribution in [2.75, 3.05) is 25.1 Å². The van der Waals surface area contributed by atoms with Gasteiger partial charge in [0.2, 0.25) is 0 Å². The lowest BCUT2D eigenvalue weighted by Crippen LogP contribution is -2.22. The fourth-order valence-corrected chi connectivity index (χ4v) is 2.50. The van der Waals surface area contributed by atoms with Crippen molar-refractivity contribution in [2.24, 2.45) is 0 Å². The molecular weight excluding hydrogens is 274 g/mol. The lowest BCUT2D eigenvalue weighted by Gasteiger charge is -2.23. The number of aromatic nitrogens is 1. The third-order valence-electron chi connectivity index (χ3n) is 3.71. The van der Waals surface area contributed by atoms with Gasteiger partial charge in [0.15, 0.2) is 0 Å². The minimum Gasteiger partial charge on any atom is -0.495 e. The normalized spacial score (nSPS) is 10.5. The summed E-state index contributed by atoms with van der Waals surface area (Å²) in [7, 11) is 1.73. The Morgan fingerprint density at radius 1 is 1.09 bits per heavy atom. The number of hydrogen-bond acceptors (Lipinski definition) is 4. The number of anilines is 1. The van der Waals surface area contributed by atoms with Gasteiger partial charge >= 0.3 is 0 Å². The van der Waals surface area contributed by atoms with E-state index in [4.69, 9.17) is 4.74 Å². The zero-order valence-corrected chi connectivity index (χ0v) is 13.7. The van der Waals surface area contributed by atoms with Gasteiger partial charge in [-0.25, -0.2) is 0 Å². The second-order valence-electron chi connectivity index (χ2n) is 5.10. The van der Waals surface area contributed by atoms with Crippen LogP contribution >= 0.6 is 0 Å². The molecule has 2 aromatic rings. The Morgan fingerprint density at radius 3 is 2.55 bits per heavy atom. The van der Waals surface area contributed by atoms with Crippen molar-refractivity contribution in [1.29, 1.82) is 0 Å². The van der Waals surface area contributed by atoms with E-state index >= 15 is 0 Å². The molecule has 0 saturated carbocycles. The van der Waals surface area contributed by atoms with Gasteiger partial charge < -0.3 is 15.0 Å². The van der Waals surface area contributed by atoms with Crippen LogP contribution in [0.3, 0.4) is 0 Å². The highest BCUT2D eigenvalue weighted by atomic mass is 16.5. The van der Waals surface area contributed by atoms with Crippen molar-refractivity contribution in [3.8, 4) is 5.75 Å². The summed E-state index contributed by atoms with van der Waals surface area (Å²) in [6, 6.07) is 12.4. The molecule has 4 heteroatoms. The zero-order chi connectivity index (χ0) is 15.8. The molecule has 0 amide bonds. The van der Waals surface area contributed by atoms with Crippen LogP contribution in [-0.4, -0.2) is 25.2 Å². The van der Waals surface area contributed by atoms with Gasteiger partial charge in [-0.3, -0.25) is 4.98 Å². The number of benzene rings is 1. The van der Waals surface area contributed by atoms with Gasteiger partial charge in [0.05, 0.1) is 18.5 Å². The quantitative estimate of drug-likeness (QED) is 0.812. The zero-order valence-electron chi connectivity index (χ0n) is 13.7. The highest BCUT2D eigenvalue weighted by Crippen LogP contribution is 2.29. The van der Waals surface area contributed by atoms with Gasteiger partial charge in [-0.2, -0.15) is 0 Å². The van der Waals surface area contributed by atoms with Gasteiger partial charge in [0.25, 0.3) is 0 Å². The highest BCUT2D eigenvalue weighted by molar-refractivity contribution is 5.59. The molecule has 0 fully saturated rings. The Balaban J connectivity index is 2.00. The molecule has 118 valence electrons. The average Bonchev–Trinajstić information content (AvgIpc) is 2.58. The standard InChI is InChI=1S/C18H25N3O/c1-4-21(5-2)17-10-9-15(12-18(17)22-3)13-19-14-16-8-6-7-11-20-16/h6-12,19H,4-5,13-14H2,1-3H3. The fourth-order valence-electron chi connectivity index (χ4n) is 2.50. The van der Waals surface area contributed by atoms with Gasteiger partial charge in [0.1, 0.15) is 5.75 Å². The smallest absolute Gasteiger partial charge is 0.142 e. The van der Waals surface area contributed by atoms with Crippen LogP contribution < -0.4 is 15.0 Å².